The van der Waals surface area contributed by atoms with Crippen molar-refractivity contribution < 1.29 is 14.3 Å². The Kier molecular flexibility index (Phi) is 5.43. The maximum absolute atomic E-state index is 11.3. The van der Waals surface area contributed by atoms with E-state index in [-0.39, 0.29) is 11.6 Å². The molecular weight excluding hydrogens is 288 g/mol. The van der Waals surface area contributed by atoms with Crippen LogP contribution in [0.25, 0.3) is 11.1 Å². The van der Waals surface area contributed by atoms with E-state index in [4.69, 9.17) is 9.47 Å². The minimum atomic E-state index is -0.224. The van der Waals surface area contributed by atoms with Gasteiger partial charge in [0.2, 0.25) is 0 Å². The molecule has 0 aliphatic heterocycles. The van der Waals surface area contributed by atoms with Gasteiger partial charge in [0.05, 0.1) is 0 Å². The molecule has 3 nitrogen and oxygen atoms in total. The van der Waals surface area contributed by atoms with E-state index in [2.05, 4.69) is 20.8 Å². The van der Waals surface area contributed by atoms with Crippen LogP contribution in [0.15, 0.2) is 48.5 Å². The third kappa shape index (κ3) is 4.85. The van der Waals surface area contributed by atoms with Crippen molar-refractivity contribution in [1.82, 2.24) is 0 Å². The molecule has 0 heterocycles. The maximum Gasteiger partial charge on any atom is 0.310 e. The smallest absolute Gasteiger partial charge is 0.310 e. The zero-order valence-electron chi connectivity index (χ0n) is 14.3. The van der Waals surface area contributed by atoms with Crippen molar-refractivity contribution in [2.75, 3.05) is 0 Å². The van der Waals surface area contributed by atoms with Crippen LogP contribution in [0.4, 0.5) is 0 Å². The summed E-state index contributed by atoms with van der Waals surface area (Å²) in [5.74, 6) is 1.22. The summed E-state index contributed by atoms with van der Waals surface area (Å²) in [5.41, 5.74) is 2.01. The summed E-state index contributed by atoms with van der Waals surface area (Å²) in [5, 5.41) is 0. The lowest BCUT2D eigenvalue weighted by Crippen LogP contribution is -2.26. The van der Waals surface area contributed by atoms with E-state index in [1.807, 2.05) is 48.5 Å². The van der Waals surface area contributed by atoms with Gasteiger partial charge in [-0.05, 0) is 55.7 Å². The predicted octanol–water partition coefficient (Wildman–Crippen LogP) is 5.24. The molecule has 0 bridgehead atoms. The lowest BCUT2D eigenvalue weighted by atomic mass is 10.0. The van der Waals surface area contributed by atoms with Crippen molar-refractivity contribution in [3.63, 3.8) is 0 Å². The van der Waals surface area contributed by atoms with E-state index in [0.717, 1.165) is 23.3 Å². The van der Waals surface area contributed by atoms with Gasteiger partial charge >= 0.3 is 5.97 Å². The Morgan fingerprint density at radius 2 is 1.35 bits per heavy atom. The monoisotopic (exact) mass is 312 g/mol. The summed E-state index contributed by atoms with van der Waals surface area (Å²) in [6.45, 7) is 8.05. The van der Waals surface area contributed by atoms with Gasteiger partial charge in [0.15, 0.2) is 0 Å². The molecule has 2 rings (SSSR count). The fourth-order valence-corrected chi connectivity index (χ4v) is 2.03. The molecule has 0 N–H and O–H groups in total. The highest BCUT2D eigenvalue weighted by atomic mass is 16.5. The summed E-state index contributed by atoms with van der Waals surface area (Å²) in [6, 6.07) is 15.6. The second-order valence-electron chi connectivity index (χ2n) is 6.09. The minimum Gasteiger partial charge on any atom is -0.488 e. The normalized spacial score (nSPS) is 11.1. The molecule has 0 spiro atoms. The van der Waals surface area contributed by atoms with E-state index in [1.165, 1.54) is 0 Å². The van der Waals surface area contributed by atoms with Crippen LogP contribution in [0.2, 0.25) is 0 Å². The summed E-state index contributed by atoms with van der Waals surface area (Å²) >= 11 is 0. The first-order valence-electron chi connectivity index (χ1n) is 8.03. The van der Waals surface area contributed by atoms with Crippen molar-refractivity contribution in [3.8, 4) is 22.6 Å². The van der Waals surface area contributed by atoms with Gasteiger partial charge < -0.3 is 9.47 Å². The molecule has 23 heavy (non-hydrogen) atoms. The van der Waals surface area contributed by atoms with Gasteiger partial charge in [0.25, 0.3) is 0 Å². The summed E-state index contributed by atoms with van der Waals surface area (Å²) in [7, 11) is 0. The van der Waals surface area contributed by atoms with Gasteiger partial charge in [-0.15, -0.1) is 0 Å². The van der Waals surface area contributed by atoms with Crippen molar-refractivity contribution in [3.05, 3.63) is 48.5 Å². The number of carbonyl (C=O) groups excluding carboxylic acids is 1. The first kappa shape index (κ1) is 17.1. The fourth-order valence-electron chi connectivity index (χ4n) is 2.03. The molecule has 0 saturated carbocycles. The molecule has 0 atom stereocenters. The summed E-state index contributed by atoms with van der Waals surface area (Å²) in [6.07, 6.45) is 1.32. The van der Waals surface area contributed by atoms with Gasteiger partial charge in [0.1, 0.15) is 17.1 Å². The minimum absolute atomic E-state index is 0.160. The summed E-state index contributed by atoms with van der Waals surface area (Å²) < 4.78 is 11.1. The molecule has 0 amide bonds. The average Bonchev–Trinajstić information content (AvgIpc) is 2.56. The van der Waals surface area contributed by atoms with Crippen LogP contribution in [0.1, 0.15) is 40.5 Å². The standard InChI is InChI=1S/C20H24O3/c1-5-19(21)22-17-11-7-15(8-12-17)16-9-13-18(14-10-16)23-20(3,4)6-2/h7-14H,5-6H2,1-4H3. The number of hydrogen-bond acceptors (Lipinski definition) is 3. The van der Waals surface area contributed by atoms with Crippen LogP contribution in [0, 0.1) is 0 Å². The van der Waals surface area contributed by atoms with Crippen molar-refractivity contribution in [2.24, 2.45) is 0 Å². The van der Waals surface area contributed by atoms with Gasteiger partial charge in [-0.2, -0.15) is 0 Å². The second kappa shape index (κ2) is 7.32. The van der Waals surface area contributed by atoms with Crippen LogP contribution < -0.4 is 9.47 Å². The number of benzene rings is 2. The highest BCUT2D eigenvalue weighted by Crippen LogP contribution is 2.27. The Balaban J connectivity index is 2.09. The second-order valence-corrected chi connectivity index (χ2v) is 6.09. The average molecular weight is 312 g/mol. The molecule has 2 aromatic rings. The maximum atomic E-state index is 11.3. The van der Waals surface area contributed by atoms with E-state index < -0.39 is 0 Å². The molecule has 0 radical (unpaired) electrons. The lowest BCUT2D eigenvalue weighted by Gasteiger charge is -2.24. The molecule has 0 aromatic heterocycles. The molecule has 2 aromatic carbocycles. The first-order valence-corrected chi connectivity index (χ1v) is 8.03. The topological polar surface area (TPSA) is 35.5 Å². The van der Waals surface area contributed by atoms with Gasteiger partial charge in [0, 0.05) is 6.42 Å². The van der Waals surface area contributed by atoms with E-state index in [0.29, 0.717) is 12.2 Å². The Morgan fingerprint density at radius 1 is 0.870 bits per heavy atom. The quantitative estimate of drug-likeness (QED) is 0.541. The lowest BCUT2D eigenvalue weighted by molar-refractivity contribution is -0.134. The zero-order chi connectivity index (χ0) is 16.9. The molecule has 122 valence electrons. The number of rotatable bonds is 6. The molecule has 3 heteroatoms. The molecule has 0 fully saturated rings. The highest BCUT2D eigenvalue weighted by molar-refractivity contribution is 5.72. The molecule has 0 unspecified atom stereocenters. The SMILES string of the molecule is CCC(=O)Oc1ccc(-c2ccc(OC(C)(C)CC)cc2)cc1. The Labute approximate surface area is 138 Å². The first-order chi connectivity index (χ1) is 10.9. The van der Waals surface area contributed by atoms with Crippen LogP contribution in [0.3, 0.4) is 0 Å². The van der Waals surface area contributed by atoms with Crippen LogP contribution >= 0.6 is 0 Å². The Hall–Kier alpha value is -2.29. The number of hydrogen-bond donors (Lipinski definition) is 0. The molecule has 0 aliphatic carbocycles. The van der Waals surface area contributed by atoms with Gasteiger partial charge in [-0.25, -0.2) is 0 Å². The Bertz CT molecular complexity index is 640. The van der Waals surface area contributed by atoms with E-state index >= 15 is 0 Å². The fraction of sp³-hybridized carbons (Fsp3) is 0.350. The van der Waals surface area contributed by atoms with Crippen molar-refractivity contribution in [2.45, 2.75) is 46.1 Å². The third-order valence-corrected chi connectivity index (χ3v) is 3.81. The Morgan fingerprint density at radius 3 is 1.78 bits per heavy atom. The number of esters is 1. The molecule has 0 aliphatic rings. The molecule has 0 saturated heterocycles. The van der Waals surface area contributed by atoms with Crippen molar-refractivity contribution in [1.29, 1.82) is 0 Å². The van der Waals surface area contributed by atoms with Crippen LogP contribution in [-0.4, -0.2) is 11.6 Å². The van der Waals surface area contributed by atoms with Gasteiger partial charge in [-0.1, -0.05) is 38.1 Å². The van der Waals surface area contributed by atoms with Crippen LogP contribution in [0.5, 0.6) is 11.5 Å². The van der Waals surface area contributed by atoms with E-state index in [1.54, 1.807) is 6.92 Å². The molecular formula is C20H24O3. The third-order valence-electron chi connectivity index (χ3n) is 3.81. The number of ether oxygens (including phenoxy) is 2. The largest absolute Gasteiger partial charge is 0.488 e. The summed E-state index contributed by atoms with van der Waals surface area (Å²) in [4.78, 5) is 11.3. The van der Waals surface area contributed by atoms with Crippen molar-refractivity contribution >= 4 is 5.97 Å². The van der Waals surface area contributed by atoms with E-state index in [9.17, 15) is 4.79 Å². The van der Waals surface area contributed by atoms with Gasteiger partial charge in [-0.3, -0.25) is 4.79 Å². The predicted molar refractivity (Wildman–Crippen MR) is 92.8 cm³/mol. The highest BCUT2D eigenvalue weighted by Gasteiger charge is 2.16. The van der Waals surface area contributed by atoms with Crippen LogP contribution in [-0.2, 0) is 4.79 Å². The number of carbonyl (C=O) groups is 1. The zero-order valence-corrected chi connectivity index (χ0v) is 14.3.